The summed E-state index contributed by atoms with van der Waals surface area (Å²) in [5.41, 5.74) is 5.01. The Morgan fingerprint density at radius 1 is 1.12 bits per heavy atom. The molecule has 2 heterocycles. The van der Waals surface area contributed by atoms with Crippen LogP contribution in [0.2, 0.25) is 0 Å². The number of hydrogen-bond acceptors (Lipinski definition) is 4. The van der Waals surface area contributed by atoms with Crippen LogP contribution in [0.1, 0.15) is 53.0 Å². The summed E-state index contributed by atoms with van der Waals surface area (Å²) in [4.78, 5) is 18.3. The predicted octanol–water partition coefficient (Wildman–Crippen LogP) is 4.94. The number of carbonyl (C=O) groups excluding carboxylic acids is 1. The fourth-order valence-corrected chi connectivity index (χ4v) is 4.04. The number of pyridine rings is 1. The van der Waals surface area contributed by atoms with E-state index in [1.165, 1.54) is 0 Å². The monoisotopic (exact) mass is 426 g/mol. The summed E-state index contributed by atoms with van der Waals surface area (Å²) in [6.07, 6.45) is 2.22. The molecular weight excluding hydrogens is 400 g/mol. The van der Waals surface area contributed by atoms with Gasteiger partial charge in [-0.3, -0.25) is 4.79 Å². The summed E-state index contributed by atoms with van der Waals surface area (Å²) < 4.78 is 7.55. The summed E-state index contributed by atoms with van der Waals surface area (Å²) in [5, 5.41) is 8.62. The van der Waals surface area contributed by atoms with Crippen molar-refractivity contribution < 1.29 is 9.53 Å². The van der Waals surface area contributed by atoms with Crippen molar-refractivity contribution in [2.45, 2.75) is 39.2 Å². The molecule has 1 amide bonds. The molecule has 0 atom stereocenters. The zero-order valence-corrected chi connectivity index (χ0v) is 18.3. The SMILES string of the molecule is CCOc1ccccc1CNC(=O)c1cc(C2CC2)nc2c1c(C)nn2-c1ccccc1. The van der Waals surface area contributed by atoms with Gasteiger partial charge < -0.3 is 10.1 Å². The van der Waals surface area contributed by atoms with E-state index in [0.29, 0.717) is 24.6 Å². The van der Waals surface area contributed by atoms with Crippen LogP contribution in [-0.4, -0.2) is 27.3 Å². The number of nitrogens with zero attached hydrogens (tertiary/aromatic N) is 3. The molecule has 1 fully saturated rings. The van der Waals surface area contributed by atoms with Gasteiger partial charge in [-0.1, -0.05) is 36.4 Å². The van der Waals surface area contributed by atoms with E-state index in [1.54, 1.807) is 0 Å². The van der Waals surface area contributed by atoms with E-state index < -0.39 is 0 Å². The molecule has 6 nitrogen and oxygen atoms in total. The molecule has 1 saturated carbocycles. The predicted molar refractivity (Wildman–Crippen MR) is 124 cm³/mol. The molecule has 1 aliphatic rings. The van der Waals surface area contributed by atoms with Gasteiger partial charge in [0.2, 0.25) is 0 Å². The average molecular weight is 427 g/mol. The number of rotatable bonds is 7. The largest absolute Gasteiger partial charge is 0.494 e. The van der Waals surface area contributed by atoms with Gasteiger partial charge in [0.25, 0.3) is 5.91 Å². The van der Waals surface area contributed by atoms with Crippen LogP contribution in [0.4, 0.5) is 0 Å². The standard InChI is InChI=1S/C26H26N4O2/c1-3-32-23-12-8-7-9-19(23)16-27-26(31)21-15-22(18-13-14-18)28-25-24(21)17(2)29-30(25)20-10-5-4-6-11-20/h4-12,15,18H,3,13-14,16H2,1-2H3,(H,27,31). The number of carbonyl (C=O) groups is 1. The van der Waals surface area contributed by atoms with E-state index >= 15 is 0 Å². The molecule has 32 heavy (non-hydrogen) atoms. The molecule has 0 bridgehead atoms. The number of hydrogen-bond donors (Lipinski definition) is 1. The third-order valence-electron chi connectivity index (χ3n) is 5.79. The maximum atomic E-state index is 13.4. The normalized spacial score (nSPS) is 13.3. The Morgan fingerprint density at radius 3 is 2.62 bits per heavy atom. The lowest BCUT2D eigenvalue weighted by Gasteiger charge is -2.12. The Labute approximate surface area is 187 Å². The van der Waals surface area contributed by atoms with Gasteiger partial charge in [-0.05, 0) is 51.0 Å². The number of ether oxygens (including phenoxy) is 1. The van der Waals surface area contributed by atoms with Gasteiger partial charge in [-0.2, -0.15) is 5.10 Å². The minimum atomic E-state index is -0.124. The molecule has 1 aliphatic carbocycles. The molecule has 0 aliphatic heterocycles. The first kappa shape index (κ1) is 20.2. The molecule has 0 spiro atoms. The first-order valence-electron chi connectivity index (χ1n) is 11.1. The fraction of sp³-hybridized carbons (Fsp3) is 0.269. The molecule has 5 rings (SSSR count). The van der Waals surface area contributed by atoms with E-state index in [2.05, 4.69) is 5.32 Å². The summed E-state index contributed by atoms with van der Waals surface area (Å²) in [5.74, 6) is 1.09. The molecule has 2 aromatic carbocycles. The van der Waals surface area contributed by atoms with Crippen molar-refractivity contribution in [3.05, 3.63) is 83.2 Å². The Hall–Kier alpha value is -3.67. The smallest absolute Gasteiger partial charge is 0.252 e. The summed E-state index contributed by atoms with van der Waals surface area (Å²) in [6, 6.07) is 19.7. The second kappa shape index (κ2) is 8.46. The number of amides is 1. The van der Waals surface area contributed by atoms with Gasteiger partial charge in [0.15, 0.2) is 5.65 Å². The molecular formula is C26H26N4O2. The van der Waals surface area contributed by atoms with Gasteiger partial charge >= 0.3 is 0 Å². The highest BCUT2D eigenvalue weighted by Gasteiger charge is 2.29. The first-order chi connectivity index (χ1) is 15.7. The van der Waals surface area contributed by atoms with Crippen molar-refractivity contribution in [3.63, 3.8) is 0 Å². The Bertz CT molecular complexity index is 1280. The van der Waals surface area contributed by atoms with Crippen LogP contribution < -0.4 is 10.1 Å². The van der Waals surface area contributed by atoms with Crippen LogP contribution in [-0.2, 0) is 6.54 Å². The molecule has 0 unspecified atom stereocenters. The van der Waals surface area contributed by atoms with Crippen molar-refractivity contribution in [3.8, 4) is 11.4 Å². The third-order valence-corrected chi connectivity index (χ3v) is 5.79. The van der Waals surface area contributed by atoms with E-state index in [0.717, 1.165) is 52.3 Å². The number of aryl methyl sites for hydroxylation is 1. The lowest BCUT2D eigenvalue weighted by molar-refractivity contribution is 0.0952. The maximum absolute atomic E-state index is 13.4. The topological polar surface area (TPSA) is 69.0 Å². The Balaban J connectivity index is 1.53. The molecule has 2 aromatic heterocycles. The van der Waals surface area contributed by atoms with Crippen molar-refractivity contribution in [1.29, 1.82) is 0 Å². The second-order valence-corrected chi connectivity index (χ2v) is 8.12. The zero-order chi connectivity index (χ0) is 22.1. The van der Waals surface area contributed by atoms with Crippen molar-refractivity contribution in [2.75, 3.05) is 6.61 Å². The molecule has 162 valence electrons. The molecule has 1 N–H and O–H groups in total. The number of fused-ring (bicyclic) bond motifs is 1. The van der Waals surface area contributed by atoms with E-state index in [4.69, 9.17) is 14.8 Å². The summed E-state index contributed by atoms with van der Waals surface area (Å²) in [7, 11) is 0. The van der Waals surface area contributed by atoms with Crippen LogP contribution in [0.25, 0.3) is 16.7 Å². The third kappa shape index (κ3) is 3.84. The van der Waals surface area contributed by atoms with Crippen LogP contribution in [0, 0.1) is 6.92 Å². The lowest BCUT2D eigenvalue weighted by Crippen LogP contribution is -2.24. The Morgan fingerprint density at radius 2 is 1.88 bits per heavy atom. The quantitative estimate of drug-likeness (QED) is 0.455. The number of nitrogens with one attached hydrogen (secondary N) is 1. The molecule has 6 heteroatoms. The van der Waals surface area contributed by atoms with E-state index in [9.17, 15) is 4.79 Å². The van der Waals surface area contributed by atoms with Crippen LogP contribution in [0.3, 0.4) is 0 Å². The highest BCUT2D eigenvalue weighted by Crippen LogP contribution is 2.40. The minimum absolute atomic E-state index is 0.124. The van der Waals surface area contributed by atoms with Crippen LogP contribution in [0.15, 0.2) is 60.7 Å². The number of aromatic nitrogens is 3. The van der Waals surface area contributed by atoms with Gasteiger partial charge in [-0.15, -0.1) is 0 Å². The van der Waals surface area contributed by atoms with E-state index in [-0.39, 0.29) is 5.91 Å². The summed E-state index contributed by atoms with van der Waals surface area (Å²) >= 11 is 0. The highest BCUT2D eigenvalue weighted by atomic mass is 16.5. The average Bonchev–Trinajstić information content (AvgIpc) is 3.62. The first-order valence-corrected chi connectivity index (χ1v) is 11.1. The maximum Gasteiger partial charge on any atom is 0.252 e. The zero-order valence-electron chi connectivity index (χ0n) is 18.3. The second-order valence-electron chi connectivity index (χ2n) is 8.12. The fourth-order valence-electron chi connectivity index (χ4n) is 4.04. The van der Waals surface area contributed by atoms with Crippen LogP contribution >= 0.6 is 0 Å². The highest BCUT2D eigenvalue weighted by molar-refractivity contribution is 6.06. The van der Waals surface area contributed by atoms with Crippen LogP contribution in [0.5, 0.6) is 5.75 Å². The van der Waals surface area contributed by atoms with Crippen molar-refractivity contribution in [2.24, 2.45) is 0 Å². The van der Waals surface area contributed by atoms with Gasteiger partial charge in [0, 0.05) is 23.7 Å². The van der Waals surface area contributed by atoms with Crippen molar-refractivity contribution >= 4 is 16.9 Å². The van der Waals surface area contributed by atoms with Crippen molar-refractivity contribution in [1.82, 2.24) is 20.1 Å². The molecule has 4 aromatic rings. The molecule has 0 radical (unpaired) electrons. The van der Waals surface area contributed by atoms with Gasteiger partial charge in [0.1, 0.15) is 5.75 Å². The lowest BCUT2D eigenvalue weighted by atomic mass is 10.1. The number of para-hydroxylation sites is 2. The summed E-state index contributed by atoms with van der Waals surface area (Å²) in [6.45, 7) is 4.86. The Kier molecular flexibility index (Phi) is 5.35. The minimum Gasteiger partial charge on any atom is -0.494 e. The van der Waals surface area contributed by atoms with Gasteiger partial charge in [-0.25, -0.2) is 9.67 Å². The van der Waals surface area contributed by atoms with E-state index in [1.807, 2.05) is 79.2 Å². The van der Waals surface area contributed by atoms with Gasteiger partial charge in [0.05, 0.1) is 28.9 Å². The molecule has 0 saturated heterocycles. The number of benzene rings is 2.